The fourth-order valence-electron chi connectivity index (χ4n) is 2.36. The molecular weight excluding hydrogens is 206 g/mol. The SMILES string of the molecule is Cc1nc(CC2CCC(O)C2C)sc1C. The number of aromatic nitrogens is 1. The highest BCUT2D eigenvalue weighted by Gasteiger charge is 2.31. The molecule has 0 radical (unpaired) electrons. The number of aryl methyl sites for hydroxylation is 2. The number of hydrogen-bond acceptors (Lipinski definition) is 3. The van der Waals surface area contributed by atoms with Crippen LogP contribution < -0.4 is 0 Å². The smallest absolute Gasteiger partial charge is 0.0933 e. The Morgan fingerprint density at radius 1 is 1.40 bits per heavy atom. The summed E-state index contributed by atoms with van der Waals surface area (Å²) in [5, 5.41) is 10.9. The lowest BCUT2D eigenvalue weighted by atomic mass is 9.94. The highest BCUT2D eigenvalue weighted by atomic mass is 32.1. The monoisotopic (exact) mass is 225 g/mol. The molecule has 2 nitrogen and oxygen atoms in total. The van der Waals surface area contributed by atoms with Gasteiger partial charge in [0.15, 0.2) is 0 Å². The van der Waals surface area contributed by atoms with Crippen LogP contribution in [0.2, 0.25) is 0 Å². The van der Waals surface area contributed by atoms with Crippen LogP contribution in [0.3, 0.4) is 0 Å². The fraction of sp³-hybridized carbons (Fsp3) is 0.750. The highest BCUT2D eigenvalue weighted by Crippen LogP contribution is 2.35. The predicted octanol–water partition coefficient (Wildman–Crippen LogP) is 2.71. The van der Waals surface area contributed by atoms with E-state index in [1.807, 2.05) is 11.3 Å². The van der Waals surface area contributed by atoms with Crippen molar-refractivity contribution in [2.45, 2.75) is 46.1 Å². The van der Waals surface area contributed by atoms with Crippen molar-refractivity contribution in [3.05, 3.63) is 15.6 Å². The average molecular weight is 225 g/mol. The van der Waals surface area contributed by atoms with Crippen LogP contribution in [0.4, 0.5) is 0 Å². The van der Waals surface area contributed by atoms with Gasteiger partial charge >= 0.3 is 0 Å². The first-order valence-electron chi connectivity index (χ1n) is 5.69. The van der Waals surface area contributed by atoms with Gasteiger partial charge in [-0.3, -0.25) is 0 Å². The van der Waals surface area contributed by atoms with Crippen LogP contribution in [0.25, 0.3) is 0 Å². The van der Waals surface area contributed by atoms with Crippen LogP contribution >= 0.6 is 11.3 Å². The predicted molar refractivity (Wildman–Crippen MR) is 63.2 cm³/mol. The summed E-state index contributed by atoms with van der Waals surface area (Å²) in [6.07, 6.45) is 3.09. The second-order valence-corrected chi connectivity index (χ2v) is 6.00. The quantitative estimate of drug-likeness (QED) is 0.839. The second kappa shape index (κ2) is 4.22. The first-order chi connectivity index (χ1) is 7.08. The lowest BCUT2D eigenvalue weighted by molar-refractivity contribution is 0.127. The molecule has 0 amide bonds. The maximum absolute atomic E-state index is 9.69. The van der Waals surface area contributed by atoms with Gasteiger partial charge in [-0.25, -0.2) is 4.98 Å². The van der Waals surface area contributed by atoms with E-state index < -0.39 is 0 Å². The van der Waals surface area contributed by atoms with Crippen molar-refractivity contribution in [3.63, 3.8) is 0 Å². The number of aliphatic hydroxyl groups excluding tert-OH is 1. The third kappa shape index (κ3) is 2.23. The minimum Gasteiger partial charge on any atom is -0.393 e. The van der Waals surface area contributed by atoms with E-state index in [-0.39, 0.29) is 6.10 Å². The van der Waals surface area contributed by atoms with Crippen molar-refractivity contribution in [1.29, 1.82) is 0 Å². The fourth-order valence-corrected chi connectivity index (χ4v) is 3.39. The van der Waals surface area contributed by atoms with E-state index in [1.165, 1.54) is 15.6 Å². The molecule has 1 N–H and O–H groups in total. The summed E-state index contributed by atoms with van der Waals surface area (Å²) in [6.45, 7) is 6.36. The minimum absolute atomic E-state index is 0.0860. The molecule has 3 heteroatoms. The van der Waals surface area contributed by atoms with Crippen molar-refractivity contribution >= 4 is 11.3 Å². The van der Waals surface area contributed by atoms with Crippen molar-refractivity contribution in [2.75, 3.05) is 0 Å². The molecular formula is C12H19NOS. The molecule has 0 aliphatic heterocycles. The van der Waals surface area contributed by atoms with E-state index in [1.54, 1.807) is 0 Å². The topological polar surface area (TPSA) is 33.1 Å². The molecule has 1 saturated carbocycles. The molecule has 3 atom stereocenters. The van der Waals surface area contributed by atoms with Crippen molar-refractivity contribution < 1.29 is 5.11 Å². The zero-order valence-electron chi connectivity index (χ0n) is 9.66. The van der Waals surface area contributed by atoms with E-state index in [4.69, 9.17) is 0 Å². The summed E-state index contributed by atoms with van der Waals surface area (Å²) in [5.74, 6) is 1.07. The summed E-state index contributed by atoms with van der Waals surface area (Å²) in [4.78, 5) is 5.90. The Labute approximate surface area is 95.4 Å². The lowest BCUT2D eigenvalue weighted by Gasteiger charge is -2.15. The van der Waals surface area contributed by atoms with E-state index in [2.05, 4.69) is 25.8 Å². The molecule has 1 aromatic heterocycles. The molecule has 84 valence electrons. The third-order valence-corrected chi connectivity index (χ3v) is 4.79. The van der Waals surface area contributed by atoms with Gasteiger partial charge in [-0.15, -0.1) is 11.3 Å². The molecule has 1 aromatic rings. The average Bonchev–Trinajstić information content (AvgIpc) is 2.65. The normalized spacial score (nSPS) is 31.1. The Balaban J connectivity index is 2.03. The summed E-state index contributed by atoms with van der Waals surface area (Å²) in [5.41, 5.74) is 1.17. The number of nitrogens with zero attached hydrogens (tertiary/aromatic N) is 1. The number of aliphatic hydroxyl groups is 1. The molecule has 1 aliphatic carbocycles. The van der Waals surface area contributed by atoms with Gasteiger partial charge in [0.1, 0.15) is 0 Å². The molecule has 3 unspecified atom stereocenters. The van der Waals surface area contributed by atoms with Gasteiger partial charge in [-0.1, -0.05) is 6.92 Å². The number of rotatable bonds is 2. The van der Waals surface area contributed by atoms with Crippen LogP contribution in [0.1, 0.15) is 35.3 Å². The van der Waals surface area contributed by atoms with Crippen LogP contribution in [0.5, 0.6) is 0 Å². The van der Waals surface area contributed by atoms with Crippen molar-refractivity contribution in [3.8, 4) is 0 Å². The van der Waals surface area contributed by atoms with Gasteiger partial charge in [0.05, 0.1) is 16.8 Å². The molecule has 0 saturated heterocycles. The first kappa shape index (κ1) is 11.1. The Morgan fingerprint density at radius 3 is 2.60 bits per heavy atom. The first-order valence-corrected chi connectivity index (χ1v) is 6.50. The van der Waals surface area contributed by atoms with Crippen molar-refractivity contribution in [2.24, 2.45) is 11.8 Å². The Kier molecular flexibility index (Phi) is 3.12. The number of hydrogen-bond donors (Lipinski definition) is 1. The van der Waals surface area contributed by atoms with Gasteiger partial charge < -0.3 is 5.11 Å². The molecule has 15 heavy (non-hydrogen) atoms. The van der Waals surface area contributed by atoms with Gasteiger partial charge in [0.2, 0.25) is 0 Å². The molecule has 1 fully saturated rings. The summed E-state index contributed by atoms with van der Waals surface area (Å²) < 4.78 is 0. The lowest BCUT2D eigenvalue weighted by Crippen LogP contribution is -2.16. The van der Waals surface area contributed by atoms with E-state index >= 15 is 0 Å². The van der Waals surface area contributed by atoms with E-state index in [9.17, 15) is 5.11 Å². The standard InChI is InChI=1S/C12H19NOS/c1-7-10(4-5-11(7)14)6-12-13-8(2)9(3)15-12/h7,10-11,14H,4-6H2,1-3H3. The molecule has 2 rings (SSSR count). The molecule has 0 aromatic carbocycles. The second-order valence-electron chi connectivity index (χ2n) is 4.72. The van der Waals surface area contributed by atoms with Crippen LogP contribution in [0.15, 0.2) is 0 Å². The maximum atomic E-state index is 9.69. The maximum Gasteiger partial charge on any atom is 0.0933 e. The summed E-state index contributed by atoms with van der Waals surface area (Å²) in [6, 6.07) is 0. The van der Waals surface area contributed by atoms with E-state index in [0.717, 1.165) is 19.3 Å². The Bertz CT molecular complexity index is 328. The highest BCUT2D eigenvalue weighted by molar-refractivity contribution is 7.11. The van der Waals surface area contributed by atoms with Gasteiger partial charge in [0.25, 0.3) is 0 Å². The summed E-state index contributed by atoms with van der Waals surface area (Å²) >= 11 is 1.81. The Hall–Kier alpha value is -0.410. The van der Waals surface area contributed by atoms with Crippen LogP contribution in [-0.2, 0) is 6.42 Å². The van der Waals surface area contributed by atoms with Crippen LogP contribution in [-0.4, -0.2) is 16.2 Å². The summed E-state index contributed by atoms with van der Waals surface area (Å²) in [7, 11) is 0. The van der Waals surface area contributed by atoms with Gasteiger partial charge in [-0.2, -0.15) is 0 Å². The molecule has 0 bridgehead atoms. The third-order valence-electron chi connectivity index (χ3n) is 3.69. The molecule has 1 heterocycles. The van der Waals surface area contributed by atoms with Crippen LogP contribution in [0, 0.1) is 25.7 Å². The zero-order valence-corrected chi connectivity index (χ0v) is 10.5. The van der Waals surface area contributed by atoms with Gasteiger partial charge in [0, 0.05) is 11.3 Å². The molecule has 0 spiro atoms. The van der Waals surface area contributed by atoms with Crippen molar-refractivity contribution in [1.82, 2.24) is 4.98 Å². The minimum atomic E-state index is -0.0860. The van der Waals surface area contributed by atoms with E-state index in [0.29, 0.717) is 11.8 Å². The zero-order chi connectivity index (χ0) is 11.0. The Morgan fingerprint density at radius 2 is 2.13 bits per heavy atom. The number of thiazole rings is 1. The molecule has 1 aliphatic rings. The largest absolute Gasteiger partial charge is 0.393 e. The van der Waals surface area contributed by atoms with Gasteiger partial charge in [-0.05, 0) is 38.5 Å².